The number of imidazole rings is 1. The number of aromatic nitrogens is 3. The Bertz CT molecular complexity index is 994. The van der Waals surface area contributed by atoms with Crippen molar-refractivity contribution in [2.45, 2.75) is 6.42 Å². The Hall–Kier alpha value is -2.97. The summed E-state index contributed by atoms with van der Waals surface area (Å²) in [5, 5.41) is 11.3. The highest BCUT2D eigenvalue weighted by atomic mass is 32.1. The largest absolute Gasteiger partial charge is 0.285 e. The highest BCUT2D eigenvalue weighted by Crippen LogP contribution is 2.32. The third kappa shape index (κ3) is 2.30. The number of thiazole rings is 1. The molecule has 0 unspecified atom stereocenters. The molecule has 0 saturated heterocycles. The van der Waals surface area contributed by atoms with Gasteiger partial charge in [0.1, 0.15) is 0 Å². The minimum absolute atomic E-state index is 0.315. The van der Waals surface area contributed by atoms with E-state index in [9.17, 15) is 5.26 Å². The lowest BCUT2D eigenvalue weighted by molar-refractivity contribution is 1.08. The van der Waals surface area contributed by atoms with Gasteiger partial charge in [-0.3, -0.25) is 9.38 Å². The summed E-state index contributed by atoms with van der Waals surface area (Å²) < 4.78 is 2.08. The number of rotatable bonds is 3. The van der Waals surface area contributed by atoms with Crippen LogP contribution in [0.25, 0.3) is 27.5 Å². The van der Waals surface area contributed by atoms with Crippen molar-refractivity contribution in [1.82, 2.24) is 14.4 Å². The third-order valence-electron chi connectivity index (χ3n) is 3.71. The summed E-state index contributed by atoms with van der Waals surface area (Å²) >= 11 is 1.58. The van der Waals surface area contributed by atoms with Crippen LogP contribution < -0.4 is 0 Å². The molecule has 3 heterocycles. The van der Waals surface area contributed by atoms with E-state index in [0.29, 0.717) is 6.42 Å². The van der Waals surface area contributed by atoms with E-state index in [1.165, 1.54) is 0 Å². The Morgan fingerprint density at radius 1 is 1.09 bits per heavy atom. The number of benzene rings is 1. The first-order valence-electron chi connectivity index (χ1n) is 7.20. The summed E-state index contributed by atoms with van der Waals surface area (Å²) in [5.74, 6) is 0. The molecular weight excluding hydrogens is 304 g/mol. The number of fused-ring (bicyclic) bond motifs is 1. The van der Waals surface area contributed by atoms with Crippen molar-refractivity contribution in [3.63, 3.8) is 0 Å². The van der Waals surface area contributed by atoms with Crippen molar-refractivity contribution in [3.8, 4) is 28.6 Å². The summed E-state index contributed by atoms with van der Waals surface area (Å²) in [4.78, 5) is 9.85. The zero-order chi connectivity index (χ0) is 15.6. The molecule has 23 heavy (non-hydrogen) atoms. The Labute approximate surface area is 137 Å². The fourth-order valence-corrected chi connectivity index (χ4v) is 3.61. The maximum atomic E-state index is 9.27. The van der Waals surface area contributed by atoms with Gasteiger partial charge in [0.15, 0.2) is 4.96 Å². The van der Waals surface area contributed by atoms with Crippen LogP contribution in [0.15, 0.2) is 60.2 Å². The van der Waals surface area contributed by atoms with Crippen molar-refractivity contribution in [2.24, 2.45) is 0 Å². The fraction of sp³-hybridized carbons (Fsp3) is 0.0556. The molecule has 0 aliphatic rings. The average Bonchev–Trinajstić information content (AvgIpc) is 3.17. The molecule has 0 bridgehead atoms. The molecule has 0 amide bonds. The fourth-order valence-electron chi connectivity index (χ4n) is 2.70. The molecule has 5 heteroatoms. The SMILES string of the molecule is N#CCc1c(-c2ccccc2)nc2scc(-c3cccnc3)n12. The number of pyridine rings is 1. The monoisotopic (exact) mass is 316 g/mol. The number of nitriles is 1. The predicted octanol–water partition coefficient (Wildman–Crippen LogP) is 4.19. The van der Waals surface area contributed by atoms with Gasteiger partial charge in [-0.2, -0.15) is 5.26 Å². The van der Waals surface area contributed by atoms with Gasteiger partial charge in [-0.05, 0) is 12.1 Å². The summed E-state index contributed by atoms with van der Waals surface area (Å²) in [7, 11) is 0. The molecule has 0 spiro atoms. The van der Waals surface area contributed by atoms with E-state index in [4.69, 9.17) is 4.98 Å². The molecule has 0 fully saturated rings. The molecular formula is C18H12N4S. The Kier molecular flexibility index (Phi) is 3.37. The summed E-state index contributed by atoms with van der Waals surface area (Å²) in [6.45, 7) is 0. The second kappa shape index (κ2) is 5.67. The van der Waals surface area contributed by atoms with E-state index in [1.54, 1.807) is 17.5 Å². The van der Waals surface area contributed by atoms with E-state index in [2.05, 4.69) is 20.8 Å². The second-order valence-corrected chi connectivity index (χ2v) is 5.93. The first-order valence-corrected chi connectivity index (χ1v) is 8.08. The van der Waals surface area contributed by atoms with E-state index in [0.717, 1.165) is 33.2 Å². The second-order valence-electron chi connectivity index (χ2n) is 5.09. The summed E-state index contributed by atoms with van der Waals surface area (Å²) in [6.07, 6.45) is 3.90. The van der Waals surface area contributed by atoms with Gasteiger partial charge in [0, 0.05) is 28.9 Å². The first kappa shape index (κ1) is 13.7. The third-order valence-corrected chi connectivity index (χ3v) is 4.54. The molecule has 0 aliphatic heterocycles. The smallest absolute Gasteiger partial charge is 0.194 e. The van der Waals surface area contributed by atoms with Gasteiger partial charge in [-0.1, -0.05) is 30.3 Å². The molecule has 1 aromatic carbocycles. The molecule has 4 rings (SSSR count). The number of hydrogen-bond donors (Lipinski definition) is 0. The lowest BCUT2D eigenvalue weighted by Crippen LogP contribution is -1.95. The van der Waals surface area contributed by atoms with E-state index < -0.39 is 0 Å². The van der Waals surface area contributed by atoms with Crippen molar-refractivity contribution in [3.05, 3.63) is 65.9 Å². The van der Waals surface area contributed by atoms with Crippen LogP contribution >= 0.6 is 11.3 Å². The van der Waals surface area contributed by atoms with Crippen molar-refractivity contribution in [2.75, 3.05) is 0 Å². The van der Waals surface area contributed by atoms with Crippen molar-refractivity contribution in [1.29, 1.82) is 5.26 Å². The van der Waals surface area contributed by atoms with Gasteiger partial charge in [-0.15, -0.1) is 11.3 Å². The molecule has 4 nitrogen and oxygen atoms in total. The van der Waals surface area contributed by atoms with Crippen LogP contribution in [0.5, 0.6) is 0 Å². The van der Waals surface area contributed by atoms with Gasteiger partial charge < -0.3 is 0 Å². The lowest BCUT2D eigenvalue weighted by atomic mass is 10.1. The maximum Gasteiger partial charge on any atom is 0.194 e. The van der Waals surface area contributed by atoms with Gasteiger partial charge in [-0.25, -0.2) is 4.98 Å². The van der Waals surface area contributed by atoms with Crippen LogP contribution in [0.3, 0.4) is 0 Å². The number of nitrogens with zero attached hydrogens (tertiary/aromatic N) is 4. The molecule has 0 aliphatic carbocycles. The van der Waals surface area contributed by atoms with E-state index in [1.807, 2.05) is 48.7 Å². The molecule has 4 aromatic rings. The van der Waals surface area contributed by atoms with Crippen LogP contribution in [0.4, 0.5) is 0 Å². The highest BCUT2D eigenvalue weighted by Gasteiger charge is 2.18. The molecule has 3 aromatic heterocycles. The van der Waals surface area contributed by atoms with Crippen LogP contribution in [0, 0.1) is 11.3 Å². The summed E-state index contributed by atoms with van der Waals surface area (Å²) in [5.41, 5.74) is 4.89. The van der Waals surface area contributed by atoms with Crippen molar-refractivity contribution >= 4 is 16.3 Å². The molecule has 0 N–H and O–H groups in total. The van der Waals surface area contributed by atoms with Crippen LogP contribution in [-0.4, -0.2) is 14.4 Å². The molecule has 0 radical (unpaired) electrons. The minimum Gasteiger partial charge on any atom is -0.285 e. The van der Waals surface area contributed by atoms with Gasteiger partial charge >= 0.3 is 0 Å². The predicted molar refractivity (Wildman–Crippen MR) is 91.1 cm³/mol. The zero-order valence-corrected chi connectivity index (χ0v) is 13.0. The normalized spacial score (nSPS) is 10.7. The zero-order valence-electron chi connectivity index (χ0n) is 12.2. The van der Waals surface area contributed by atoms with Gasteiger partial charge in [0.05, 0.1) is 29.6 Å². The lowest BCUT2D eigenvalue weighted by Gasteiger charge is -2.04. The van der Waals surface area contributed by atoms with Crippen LogP contribution in [-0.2, 0) is 6.42 Å². The highest BCUT2D eigenvalue weighted by molar-refractivity contribution is 7.15. The molecule has 110 valence electrons. The minimum atomic E-state index is 0.315. The van der Waals surface area contributed by atoms with Gasteiger partial charge in [0.2, 0.25) is 0 Å². The quantitative estimate of drug-likeness (QED) is 0.569. The number of hydrogen-bond acceptors (Lipinski definition) is 4. The van der Waals surface area contributed by atoms with E-state index in [-0.39, 0.29) is 0 Å². The topological polar surface area (TPSA) is 54.0 Å². The van der Waals surface area contributed by atoms with E-state index >= 15 is 0 Å². The first-order chi connectivity index (χ1) is 11.4. The van der Waals surface area contributed by atoms with Crippen LogP contribution in [0.1, 0.15) is 5.69 Å². The Balaban J connectivity index is 1.99. The molecule has 0 atom stereocenters. The maximum absolute atomic E-state index is 9.27. The van der Waals surface area contributed by atoms with Gasteiger partial charge in [0.25, 0.3) is 0 Å². The van der Waals surface area contributed by atoms with Crippen molar-refractivity contribution < 1.29 is 0 Å². The Morgan fingerprint density at radius 2 is 1.91 bits per heavy atom. The summed E-state index contributed by atoms with van der Waals surface area (Å²) in [6, 6.07) is 16.2. The molecule has 0 saturated carbocycles. The average molecular weight is 316 g/mol. The standard InChI is InChI=1S/C18H12N4S/c19-9-8-15-17(13-5-2-1-3-6-13)21-18-22(15)16(12-23-18)14-7-4-10-20-11-14/h1-7,10-12H,8H2. The van der Waals surface area contributed by atoms with Crippen LogP contribution in [0.2, 0.25) is 0 Å². The Morgan fingerprint density at radius 3 is 2.65 bits per heavy atom.